The van der Waals surface area contributed by atoms with E-state index in [1.165, 1.54) is 28.0 Å². The molecule has 1 fully saturated rings. The van der Waals surface area contributed by atoms with Gasteiger partial charge in [-0.15, -0.1) is 5.10 Å². The van der Waals surface area contributed by atoms with Crippen LogP contribution >= 0.6 is 11.3 Å². The van der Waals surface area contributed by atoms with Crippen LogP contribution in [0.3, 0.4) is 0 Å². The zero-order valence-electron chi connectivity index (χ0n) is 14.5. The fraction of sp³-hybridized carbons (Fsp3) is 0.444. The molecule has 138 valence electrons. The number of piperidine rings is 1. The second-order valence-corrected chi connectivity index (χ2v) is 7.60. The predicted octanol–water partition coefficient (Wildman–Crippen LogP) is 2.74. The van der Waals surface area contributed by atoms with E-state index in [2.05, 4.69) is 15.0 Å². The molecule has 0 saturated carbocycles. The van der Waals surface area contributed by atoms with Gasteiger partial charge in [0.1, 0.15) is 5.82 Å². The van der Waals surface area contributed by atoms with E-state index in [0.29, 0.717) is 48.0 Å². The van der Waals surface area contributed by atoms with Gasteiger partial charge in [0.25, 0.3) is 0 Å². The van der Waals surface area contributed by atoms with Crippen LogP contribution in [0, 0.1) is 5.82 Å². The summed E-state index contributed by atoms with van der Waals surface area (Å²) in [5.41, 5.74) is 0.775. The minimum absolute atomic E-state index is 0.0533. The molecule has 0 radical (unpaired) electrons. The van der Waals surface area contributed by atoms with Crippen LogP contribution in [0.1, 0.15) is 42.1 Å². The Morgan fingerprint density at radius 1 is 1.35 bits per heavy atom. The average Bonchev–Trinajstić information content (AvgIpc) is 3.17. The number of nitrogens with zero attached hydrogens (tertiary/aromatic N) is 4. The van der Waals surface area contributed by atoms with Gasteiger partial charge in [-0.05, 0) is 30.5 Å². The summed E-state index contributed by atoms with van der Waals surface area (Å²) in [5, 5.41) is 24.9. The average molecular weight is 376 g/mol. The van der Waals surface area contributed by atoms with E-state index >= 15 is 0 Å². The molecule has 1 saturated heterocycles. The zero-order valence-corrected chi connectivity index (χ0v) is 15.3. The summed E-state index contributed by atoms with van der Waals surface area (Å²) in [7, 11) is 0. The molecule has 4 rings (SSSR count). The number of hydrogen-bond acceptors (Lipinski definition) is 6. The molecule has 8 heteroatoms. The molecule has 1 atom stereocenters. The van der Waals surface area contributed by atoms with Crippen molar-refractivity contribution in [2.24, 2.45) is 0 Å². The van der Waals surface area contributed by atoms with Crippen molar-refractivity contribution in [3.8, 4) is 5.88 Å². The molecule has 26 heavy (non-hydrogen) atoms. The van der Waals surface area contributed by atoms with Crippen molar-refractivity contribution in [3.05, 3.63) is 46.3 Å². The Morgan fingerprint density at radius 2 is 2.12 bits per heavy atom. The predicted molar refractivity (Wildman–Crippen MR) is 97.0 cm³/mol. The highest BCUT2D eigenvalue weighted by molar-refractivity contribution is 7.17. The van der Waals surface area contributed by atoms with Crippen molar-refractivity contribution in [3.63, 3.8) is 0 Å². The van der Waals surface area contributed by atoms with Crippen LogP contribution in [0.2, 0.25) is 0 Å². The maximum Gasteiger partial charge on any atom is 0.230 e. The molecule has 6 nitrogen and oxygen atoms in total. The maximum absolute atomic E-state index is 13.9. The minimum Gasteiger partial charge on any atom is -0.492 e. The topological polar surface area (TPSA) is 73.9 Å². The highest BCUT2D eigenvalue weighted by Gasteiger charge is 2.32. The molecule has 0 bridgehead atoms. The van der Waals surface area contributed by atoms with E-state index in [9.17, 15) is 14.6 Å². The molecular weight excluding hydrogens is 355 g/mol. The van der Waals surface area contributed by atoms with Crippen molar-refractivity contribution in [2.45, 2.75) is 38.3 Å². The molecule has 3 heterocycles. The Labute approximate surface area is 154 Å². The van der Waals surface area contributed by atoms with Gasteiger partial charge in [0.2, 0.25) is 10.8 Å². The fourth-order valence-corrected chi connectivity index (χ4v) is 4.60. The minimum atomic E-state index is -0.309. The molecule has 2 aromatic heterocycles. The Hall–Kier alpha value is -2.03. The quantitative estimate of drug-likeness (QED) is 0.732. The Kier molecular flexibility index (Phi) is 4.64. The lowest BCUT2D eigenvalue weighted by Crippen LogP contribution is -2.38. The number of likely N-dealkylation sites (tertiary alicyclic amines) is 1. The smallest absolute Gasteiger partial charge is 0.230 e. The zero-order chi connectivity index (χ0) is 18.3. The molecule has 0 spiro atoms. The third kappa shape index (κ3) is 3.08. The number of aromatic hydroxyl groups is 1. The molecule has 1 aromatic carbocycles. The first-order valence-corrected chi connectivity index (χ1v) is 9.63. The second-order valence-electron chi connectivity index (χ2n) is 6.59. The number of rotatable bonds is 4. The fourth-order valence-electron chi connectivity index (χ4n) is 3.47. The maximum atomic E-state index is 13.9. The first kappa shape index (κ1) is 17.4. The number of aryl methyl sites for hydroxylation is 1. The van der Waals surface area contributed by atoms with E-state index in [-0.39, 0.29) is 23.8 Å². The van der Waals surface area contributed by atoms with Crippen molar-refractivity contribution in [2.75, 3.05) is 13.1 Å². The Morgan fingerprint density at radius 3 is 2.77 bits per heavy atom. The molecule has 0 amide bonds. The number of benzene rings is 1. The third-order valence-electron chi connectivity index (χ3n) is 4.84. The van der Waals surface area contributed by atoms with Gasteiger partial charge >= 0.3 is 0 Å². The van der Waals surface area contributed by atoms with Crippen molar-refractivity contribution in [1.82, 2.24) is 19.5 Å². The monoisotopic (exact) mass is 376 g/mol. The van der Waals surface area contributed by atoms with Crippen LogP contribution in [-0.2, 0) is 6.42 Å². The van der Waals surface area contributed by atoms with Gasteiger partial charge in [-0.3, -0.25) is 4.90 Å². The number of aliphatic hydroxyl groups is 1. The number of hydrogen-bond donors (Lipinski definition) is 2. The first-order chi connectivity index (χ1) is 12.6. The van der Waals surface area contributed by atoms with E-state index < -0.39 is 0 Å². The Balaban J connectivity index is 1.79. The number of thiazole rings is 1. The molecule has 1 aliphatic rings. The van der Waals surface area contributed by atoms with Crippen molar-refractivity contribution < 1.29 is 14.6 Å². The highest BCUT2D eigenvalue weighted by Crippen LogP contribution is 2.41. The molecule has 3 aromatic rings. The largest absolute Gasteiger partial charge is 0.492 e. The summed E-state index contributed by atoms with van der Waals surface area (Å²) in [6.45, 7) is 3.32. The van der Waals surface area contributed by atoms with Crippen LogP contribution in [0.15, 0.2) is 24.3 Å². The number of aliphatic hydroxyl groups excluding tert-OH is 1. The van der Waals surface area contributed by atoms with Gasteiger partial charge in [0.15, 0.2) is 5.82 Å². The lowest BCUT2D eigenvalue weighted by atomic mass is 9.99. The van der Waals surface area contributed by atoms with E-state index in [1.54, 1.807) is 6.07 Å². The summed E-state index contributed by atoms with van der Waals surface area (Å²) < 4.78 is 15.3. The third-order valence-corrected chi connectivity index (χ3v) is 5.91. The Bertz CT molecular complexity index is 917. The summed E-state index contributed by atoms with van der Waals surface area (Å²) in [6, 6.07) is 6.17. The standard InChI is InChI=1S/C18H21FN4O2S/c1-2-14-20-18-23(21-14)17(25)16(26-18)15(11-4-3-5-12(19)10-11)22-8-6-13(24)7-9-22/h3-5,10,13,15,24-25H,2,6-9H2,1H3. The normalized spacial score (nSPS) is 17.8. The van der Waals surface area contributed by atoms with Gasteiger partial charge in [-0.25, -0.2) is 9.37 Å². The van der Waals surface area contributed by atoms with Gasteiger partial charge in [-0.1, -0.05) is 30.4 Å². The van der Waals surface area contributed by atoms with Crippen LogP contribution in [0.25, 0.3) is 4.96 Å². The van der Waals surface area contributed by atoms with Crippen LogP contribution in [0.4, 0.5) is 4.39 Å². The molecule has 1 unspecified atom stereocenters. The number of aromatic nitrogens is 3. The highest BCUT2D eigenvalue weighted by atomic mass is 32.1. The number of halogens is 1. The molecule has 1 aliphatic heterocycles. The summed E-state index contributed by atoms with van der Waals surface area (Å²) >= 11 is 1.38. The van der Waals surface area contributed by atoms with Crippen molar-refractivity contribution in [1.29, 1.82) is 0 Å². The summed E-state index contributed by atoms with van der Waals surface area (Å²) in [6.07, 6.45) is 1.71. The lowest BCUT2D eigenvalue weighted by Gasteiger charge is -2.36. The van der Waals surface area contributed by atoms with Gasteiger partial charge in [0, 0.05) is 19.5 Å². The van der Waals surface area contributed by atoms with Gasteiger partial charge in [-0.2, -0.15) is 4.52 Å². The van der Waals surface area contributed by atoms with E-state index in [4.69, 9.17) is 0 Å². The van der Waals surface area contributed by atoms with E-state index in [0.717, 1.165) is 5.56 Å². The summed E-state index contributed by atoms with van der Waals surface area (Å²) in [5.74, 6) is 0.427. The second kappa shape index (κ2) is 6.94. The molecule has 0 aliphatic carbocycles. The van der Waals surface area contributed by atoms with Gasteiger partial charge in [0.05, 0.1) is 17.0 Å². The number of fused-ring (bicyclic) bond motifs is 1. The SMILES string of the molecule is CCc1nc2sc(C(c3cccc(F)c3)N3CCC(O)CC3)c(O)n2n1. The van der Waals surface area contributed by atoms with Gasteiger partial charge < -0.3 is 10.2 Å². The molecular formula is C18H21FN4O2S. The molecule has 2 N–H and O–H groups in total. The van der Waals surface area contributed by atoms with Crippen molar-refractivity contribution >= 4 is 16.3 Å². The first-order valence-electron chi connectivity index (χ1n) is 8.81. The van der Waals surface area contributed by atoms with Crippen LogP contribution < -0.4 is 0 Å². The van der Waals surface area contributed by atoms with Crippen LogP contribution in [-0.4, -0.2) is 48.9 Å². The summed E-state index contributed by atoms with van der Waals surface area (Å²) in [4.78, 5) is 7.95. The lowest BCUT2D eigenvalue weighted by molar-refractivity contribution is 0.0689. The van der Waals surface area contributed by atoms with E-state index in [1.807, 2.05) is 13.0 Å². The van der Waals surface area contributed by atoms with Crippen LogP contribution in [0.5, 0.6) is 5.88 Å².